The van der Waals surface area contributed by atoms with Crippen molar-refractivity contribution in [2.45, 2.75) is 52.4 Å². The van der Waals surface area contributed by atoms with Crippen LogP contribution in [0.2, 0.25) is 0 Å². The number of nitrogens with zero attached hydrogens (tertiary/aromatic N) is 2. The molecule has 4 nitrogen and oxygen atoms in total. The van der Waals surface area contributed by atoms with E-state index in [9.17, 15) is 9.59 Å². The molecule has 1 saturated heterocycles. The molecule has 0 saturated carbocycles. The molecule has 1 heterocycles. The lowest BCUT2D eigenvalue weighted by molar-refractivity contribution is -0.125. The smallest absolute Gasteiger partial charge is 0.247 e. The van der Waals surface area contributed by atoms with Gasteiger partial charge in [-0.3, -0.25) is 9.59 Å². The van der Waals surface area contributed by atoms with E-state index in [1.54, 1.807) is 9.80 Å². The van der Waals surface area contributed by atoms with Gasteiger partial charge >= 0.3 is 0 Å². The molecule has 28 heavy (non-hydrogen) atoms. The molecule has 4 heteroatoms. The minimum atomic E-state index is -0.0667. The molecule has 0 spiro atoms. The Bertz CT molecular complexity index is 793. The first-order valence-electron chi connectivity index (χ1n) is 9.78. The van der Waals surface area contributed by atoms with Gasteiger partial charge in [0, 0.05) is 11.4 Å². The Balaban J connectivity index is 1.77. The molecule has 1 aliphatic rings. The van der Waals surface area contributed by atoms with Crippen LogP contribution in [0.25, 0.3) is 0 Å². The van der Waals surface area contributed by atoms with Gasteiger partial charge in [0.2, 0.25) is 11.8 Å². The number of carbonyl (C=O) groups excluding carboxylic acids is 2. The summed E-state index contributed by atoms with van der Waals surface area (Å²) in [6.45, 7) is 13.0. The summed E-state index contributed by atoms with van der Waals surface area (Å²) in [6, 6.07) is 15.9. The van der Waals surface area contributed by atoms with Crippen LogP contribution in [0.4, 0.5) is 11.4 Å². The fourth-order valence-corrected chi connectivity index (χ4v) is 3.37. The molecule has 2 aromatic rings. The third kappa shape index (κ3) is 4.11. The molecule has 0 N–H and O–H groups in total. The molecule has 0 radical (unpaired) electrons. The number of amides is 2. The molecule has 0 aliphatic carbocycles. The van der Waals surface area contributed by atoms with Crippen molar-refractivity contribution < 1.29 is 9.59 Å². The average Bonchev–Trinajstić information content (AvgIpc) is 2.62. The predicted molar refractivity (Wildman–Crippen MR) is 115 cm³/mol. The van der Waals surface area contributed by atoms with Gasteiger partial charge in [0.25, 0.3) is 0 Å². The van der Waals surface area contributed by atoms with Gasteiger partial charge in [0.1, 0.15) is 13.1 Å². The highest BCUT2D eigenvalue weighted by Gasteiger charge is 2.32. The SMILES string of the molecule is CC(C)(C)c1ccc(N2CC(=O)N(c3ccc(C(C)(C)C)cc3)CC2=O)cc1. The van der Waals surface area contributed by atoms with Gasteiger partial charge in [-0.1, -0.05) is 65.8 Å². The molecule has 1 aliphatic heterocycles. The highest BCUT2D eigenvalue weighted by Crippen LogP contribution is 2.28. The van der Waals surface area contributed by atoms with E-state index in [1.165, 1.54) is 11.1 Å². The lowest BCUT2D eigenvalue weighted by Gasteiger charge is -2.34. The zero-order valence-electron chi connectivity index (χ0n) is 17.7. The molecule has 3 rings (SSSR count). The van der Waals surface area contributed by atoms with Crippen molar-refractivity contribution in [3.63, 3.8) is 0 Å². The number of anilines is 2. The number of carbonyl (C=O) groups is 2. The van der Waals surface area contributed by atoms with Crippen LogP contribution >= 0.6 is 0 Å². The Morgan fingerprint density at radius 2 is 0.857 bits per heavy atom. The van der Waals surface area contributed by atoms with Gasteiger partial charge < -0.3 is 9.80 Å². The third-order valence-corrected chi connectivity index (χ3v) is 5.28. The molecule has 2 aromatic carbocycles. The predicted octanol–water partition coefficient (Wildman–Crippen LogP) is 4.66. The third-order valence-electron chi connectivity index (χ3n) is 5.28. The van der Waals surface area contributed by atoms with Gasteiger partial charge in [-0.05, 0) is 46.2 Å². The van der Waals surface area contributed by atoms with Gasteiger partial charge in [-0.2, -0.15) is 0 Å². The van der Waals surface area contributed by atoms with Crippen LogP contribution < -0.4 is 9.80 Å². The van der Waals surface area contributed by atoms with E-state index in [0.717, 1.165) is 11.4 Å². The topological polar surface area (TPSA) is 40.6 Å². The van der Waals surface area contributed by atoms with Gasteiger partial charge in [0.05, 0.1) is 0 Å². The summed E-state index contributed by atoms with van der Waals surface area (Å²) in [5.41, 5.74) is 4.05. The maximum Gasteiger partial charge on any atom is 0.247 e. The average molecular weight is 379 g/mol. The molecule has 0 unspecified atom stereocenters. The van der Waals surface area contributed by atoms with Gasteiger partial charge in [-0.15, -0.1) is 0 Å². The van der Waals surface area contributed by atoms with Gasteiger partial charge in [0.15, 0.2) is 0 Å². The monoisotopic (exact) mass is 378 g/mol. The van der Waals surface area contributed by atoms with Crippen LogP contribution in [-0.2, 0) is 20.4 Å². The number of piperazine rings is 1. The number of rotatable bonds is 2. The normalized spacial score (nSPS) is 15.9. The molecule has 0 atom stereocenters. The van der Waals surface area contributed by atoms with Crippen molar-refractivity contribution in [1.82, 2.24) is 0 Å². The zero-order valence-corrected chi connectivity index (χ0v) is 17.7. The number of hydrogen-bond acceptors (Lipinski definition) is 2. The Labute approximate surface area is 168 Å². The Morgan fingerprint density at radius 1 is 0.571 bits per heavy atom. The molecule has 0 bridgehead atoms. The molecular formula is C24H30N2O2. The van der Waals surface area contributed by atoms with Crippen LogP contribution in [0.5, 0.6) is 0 Å². The van der Waals surface area contributed by atoms with Crippen molar-refractivity contribution in [1.29, 1.82) is 0 Å². The van der Waals surface area contributed by atoms with Crippen LogP contribution in [-0.4, -0.2) is 24.9 Å². The van der Waals surface area contributed by atoms with Crippen LogP contribution in [0.1, 0.15) is 52.7 Å². The largest absolute Gasteiger partial charge is 0.301 e. The Morgan fingerprint density at radius 3 is 1.11 bits per heavy atom. The van der Waals surface area contributed by atoms with Crippen LogP contribution in [0.3, 0.4) is 0 Å². The second-order valence-corrected chi connectivity index (χ2v) is 9.55. The quantitative estimate of drug-likeness (QED) is 0.762. The number of hydrogen-bond donors (Lipinski definition) is 0. The van der Waals surface area contributed by atoms with Crippen molar-refractivity contribution in [3.05, 3.63) is 59.7 Å². The zero-order chi connectivity index (χ0) is 20.7. The fourth-order valence-electron chi connectivity index (χ4n) is 3.37. The lowest BCUT2D eigenvalue weighted by atomic mass is 9.87. The minimum Gasteiger partial charge on any atom is -0.301 e. The number of benzene rings is 2. The molecule has 1 fully saturated rings. The van der Waals surface area contributed by atoms with Gasteiger partial charge in [-0.25, -0.2) is 0 Å². The summed E-state index contributed by atoms with van der Waals surface area (Å²) < 4.78 is 0. The second kappa shape index (κ2) is 7.08. The minimum absolute atomic E-state index is 0.0519. The molecule has 148 valence electrons. The van der Waals surface area contributed by atoms with E-state index in [2.05, 4.69) is 41.5 Å². The Hall–Kier alpha value is -2.62. The highest BCUT2D eigenvalue weighted by molar-refractivity contribution is 6.12. The van der Waals surface area contributed by atoms with E-state index >= 15 is 0 Å². The van der Waals surface area contributed by atoms with E-state index in [0.29, 0.717) is 0 Å². The maximum atomic E-state index is 12.8. The molecule has 2 amide bonds. The Kier molecular flexibility index (Phi) is 5.09. The first kappa shape index (κ1) is 20.1. The first-order valence-corrected chi connectivity index (χ1v) is 9.78. The van der Waals surface area contributed by atoms with E-state index in [-0.39, 0.29) is 35.7 Å². The van der Waals surface area contributed by atoms with Crippen molar-refractivity contribution >= 4 is 23.2 Å². The van der Waals surface area contributed by atoms with Crippen LogP contribution in [0, 0.1) is 0 Å². The van der Waals surface area contributed by atoms with Crippen molar-refractivity contribution in [2.24, 2.45) is 0 Å². The summed E-state index contributed by atoms with van der Waals surface area (Å²) in [5, 5.41) is 0. The second-order valence-electron chi connectivity index (χ2n) is 9.55. The lowest BCUT2D eigenvalue weighted by Crippen LogP contribution is -2.54. The maximum absolute atomic E-state index is 12.8. The standard InChI is InChI=1S/C24H30N2O2/c1-23(2,3)17-7-11-19(12-8-17)25-15-22(28)26(16-21(25)27)20-13-9-18(10-14-20)24(4,5)6/h7-14H,15-16H2,1-6H3. The van der Waals surface area contributed by atoms with Crippen molar-refractivity contribution in [3.8, 4) is 0 Å². The summed E-state index contributed by atoms with van der Waals surface area (Å²) in [5.74, 6) is -0.133. The summed E-state index contributed by atoms with van der Waals surface area (Å²) in [7, 11) is 0. The molecular weight excluding hydrogens is 348 g/mol. The fraction of sp³-hybridized carbons (Fsp3) is 0.417. The summed E-state index contributed by atoms with van der Waals surface area (Å²) in [4.78, 5) is 28.7. The van der Waals surface area contributed by atoms with Crippen LogP contribution in [0.15, 0.2) is 48.5 Å². The molecule has 0 aromatic heterocycles. The van der Waals surface area contributed by atoms with E-state index in [1.807, 2.05) is 48.5 Å². The highest BCUT2D eigenvalue weighted by atomic mass is 16.2. The first-order chi connectivity index (χ1) is 13.0. The summed E-state index contributed by atoms with van der Waals surface area (Å²) >= 11 is 0. The van der Waals surface area contributed by atoms with E-state index < -0.39 is 0 Å². The van der Waals surface area contributed by atoms with E-state index in [4.69, 9.17) is 0 Å². The summed E-state index contributed by atoms with van der Waals surface area (Å²) in [6.07, 6.45) is 0. The van der Waals surface area contributed by atoms with Crippen molar-refractivity contribution in [2.75, 3.05) is 22.9 Å².